The topological polar surface area (TPSA) is 112 Å². The number of benzene rings is 1. The van der Waals surface area contributed by atoms with Gasteiger partial charge in [-0.15, -0.1) is 0 Å². The van der Waals surface area contributed by atoms with Gasteiger partial charge in [0.05, 0.1) is 17.6 Å². The van der Waals surface area contributed by atoms with Gasteiger partial charge >= 0.3 is 0 Å². The fourth-order valence-electron chi connectivity index (χ4n) is 5.42. The number of aromatic nitrogens is 6. The maximum atomic E-state index is 12.6. The minimum absolute atomic E-state index is 0.0802. The molecular weight excluding hydrogens is 474 g/mol. The Balaban J connectivity index is 1.25. The van der Waals surface area contributed by atoms with Gasteiger partial charge < -0.3 is 10.3 Å². The van der Waals surface area contributed by atoms with Crippen LogP contribution in [0.5, 0.6) is 0 Å². The molecule has 7 rings (SSSR count). The number of rotatable bonds is 5. The Kier molecular flexibility index (Phi) is 5.43. The van der Waals surface area contributed by atoms with Gasteiger partial charge in [0.1, 0.15) is 5.69 Å². The summed E-state index contributed by atoms with van der Waals surface area (Å²) in [5, 5.41) is 12.7. The molecule has 1 amide bonds. The van der Waals surface area contributed by atoms with E-state index in [9.17, 15) is 4.79 Å². The second-order valence-electron chi connectivity index (χ2n) is 9.82. The Bertz CT molecular complexity index is 1780. The maximum absolute atomic E-state index is 12.6. The molecule has 1 fully saturated rings. The van der Waals surface area contributed by atoms with E-state index in [1.165, 1.54) is 0 Å². The number of amides is 1. The van der Waals surface area contributed by atoms with Crippen molar-refractivity contribution >= 4 is 33.5 Å². The molecule has 0 atom stereocenters. The van der Waals surface area contributed by atoms with E-state index in [1.807, 2.05) is 24.4 Å². The molecule has 1 aliphatic rings. The summed E-state index contributed by atoms with van der Waals surface area (Å²) in [4.78, 5) is 29.4. The summed E-state index contributed by atoms with van der Waals surface area (Å²) in [6, 6.07) is 16.4. The summed E-state index contributed by atoms with van der Waals surface area (Å²) >= 11 is 0. The number of pyridine rings is 3. The van der Waals surface area contributed by atoms with Crippen LogP contribution in [0.4, 0.5) is 5.69 Å². The van der Waals surface area contributed by atoms with Crippen molar-refractivity contribution in [3.05, 3.63) is 79.5 Å². The van der Waals surface area contributed by atoms with E-state index in [2.05, 4.69) is 65.8 Å². The van der Waals surface area contributed by atoms with Crippen LogP contribution in [0.15, 0.2) is 79.5 Å². The Labute approximate surface area is 218 Å². The highest BCUT2D eigenvalue weighted by Crippen LogP contribution is 2.35. The SMILES string of the molecule is O=C(Nc1cncc(-c2cnc3[nH]nc(-c4cc5c(-c6cccnc6)cccc5[nH]4)c3c2)c1)C1CCCC1. The largest absolute Gasteiger partial charge is 0.353 e. The first kappa shape index (κ1) is 22.4. The smallest absolute Gasteiger partial charge is 0.227 e. The lowest BCUT2D eigenvalue weighted by Gasteiger charge is -2.11. The van der Waals surface area contributed by atoms with Crippen molar-refractivity contribution < 1.29 is 4.79 Å². The molecule has 0 saturated heterocycles. The fraction of sp³-hybridized carbons (Fsp3) is 0.167. The normalized spacial score (nSPS) is 13.9. The molecule has 186 valence electrons. The van der Waals surface area contributed by atoms with Crippen LogP contribution in [0, 0.1) is 5.92 Å². The van der Waals surface area contributed by atoms with Gasteiger partial charge in [0.25, 0.3) is 0 Å². The van der Waals surface area contributed by atoms with Crippen LogP contribution < -0.4 is 5.32 Å². The number of hydrogen-bond donors (Lipinski definition) is 3. The summed E-state index contributed by atoms with van der Waals surface area (Å²) in [7, 11) is 0. The third-order valence-electron chi connectivity index (χ3n) is 7.37. The first-order chi connectivity index (χ1) is 18.7. The van der Waals surface area contributed by atoms with Crippen LogP contribution in [0.3, 0.4) is 0 Å². The summed E-state index contributed by atoms with van der Waals surface area (Å²) in [5.74, 6) is 0.178. The van der Waals surface area contributed by atoms with Crippen molar-refractivity contribution in [2.45, 2.75) is 25.7 Å². The Hall–Kier alpha value is -4.85. The molecule has 1 aromatic carbocycles. The highest BCUT2D eigenvalue weighted by Gasteiger charge is 2.23. The second-order valence-corrected chi connectivity index (χ2v) is 9.82. The van der Waals surface area contributed by atoms with Crippen LogP contribution in [-0.4, -0.2) is 36.0 Å². The van der Waals surface area contributed by atoms with Gasteiger partial charge in [-0.05, 0) is 48.7 Å². The van der Waals surface area contributed by atoms with Gasteiger partial charge in [-0.1, -0.05) is 31.0 Å². The van der Waals surface area contributed by atoms with Crippen molar-refractivity contribution in [3.8, 4) is 33.6 Å². The molecule has 0 spiro atoms. The third-order valence-corrected chi connectivity index (χ3v) is 7.37. The molecule has 8 nitrogen and oxygen atoms in total. The lowest BCUT2D eigenvalue weighted by atomic mass is 10.0. The van der Waals surface area contributed by atoms with Crippen molar-refractivity contribution in [3.63, 3.8) is 0 Å². The maximum Gasteiger partial charge on any atom is 0.227 e. The predicted molar refractivity (Wildman–Crippen MR) is 148 cm³/mol. The number of fused-ring (bicyclic) bond motifs is 2. The lowest BCUT2D eigenvalue weighted by Crippen LogP contribution is -2.20. The number of aromatic amines is 2. The molecule has 6 aromatic rings. The number of H-pyrrole nitrogens is 2. The van der Waals surface area contributed by atoms with E-state index in [1.54, 1.807) is 24.8 Å². The quantitative estimate of drug-likeness (QED) is 0.256. The van der Waals surface area contributed by atoms with Crippen molar-refractivity contribution in [1.29, 1.82) is 0 Å². The number of carbonyl (C=O) groups excluding carboxylic acids is 1. The van der Waals surface area contributed by atoms with E-state index < -0.39 is 0 Å². The summed E-state index contributed by atoms with van der Waals surface area (Å²) in [6.45, 7) is 0. The minimum Gasteiger partial charge on any atom is -0.353 e. The minimum atomic E-state index is 0.0802. The average Bonchev–Trinajstić information content (AvgIpc) is 3.73. The summed E-state index contributed by atoms with van der Waals surface area (Å²) < 4.78 is 0. The Morgan fingerprint density at radius 1 is 0.868 bits per heavy atom. The zero-order chi connectivity index (χ0) is 25.5. The van der Waals surface area contributed by atoms with E-state index >= 15 is 0 Å². The number of nitrogens with zero attached hydrogens (tertiary/aromatic N) is 4. The number of anilines is 1. The second kappa shape index (κ2) is 9.23. The van der Waals surface area contributed by atoms with Gasteiger partial charge in [-0.25, -0.2) is 4.98 Å². The lowest BCUT2D eigenvalue weighted by molar-refractivity contribution is -0.119. The first-order valence-electron chi connectivity index (χ1n) is 12.9. The zero-order valence-corrected chi connectivity index (χ0v) is 20.6. The van der Waals surface area contributed by atoms with Crippen molar-refractivity contribution in [2.75, 3.05) is 5.32 Å². The van der Waals surface area contributed by atoms with E-state index in [-0.39, 0.29) is 11.8 Å². The molecule has 8 heteroatoms. The molecule has 0 bridgehead atoms. The van der Waals surface area contributed by atoms with Gasteiger partial charge in [0, 0.05) is 63.7 Å². The highest BCUT2D eigenvalue weighted by molar-refractivity contribution is 6.01. The molecular formula is C30H25N7O. The molecule has 38 heavy (non-hydrogen) atoms. The molecule has 1 saturated carbocycles. The van der Waals surface area contributed by atoms with Gasteiger partial charge in [-0.3, -0.25) is 19.9 Å². The summed E-state index contributed by atoms with van der Waals surface area (Å²) in [6.07, 6.45) is 13.1. The average molecular weight is 500 g/mol. The molecule has 0 aliphatic heterocycles. The predicted octanol–water partition coefficient (Wildman–Crippen LogP) is 6.36. The van der Waals surface area contributed by atoms with Crippen molar-refractivity contribution in [1.82, 2.24) is 30.1 Å². The third kappa shape index (κ3) is 4.00. The molecule has 0 radical (unpaired) electrons. The molecule has 5 aromatic heterocycles. The van der Waals surface area contributed by atoms with Crippen LogP contribution in [0.2, 0.25) is 0 Å². The van der Waals surface area contributed by atoms with Gasteiger partial charge in [-0.2, -0.15) is 5.10 Å². The summed E-state index contributed by atoms with van der Waals surface area (Å²) in [5.41, 5.74) is 8.07. The van der Waals surface area contributed by atoms with Crippen LogP contribution in [0.1, 0.15) is 25.7 Å². The number of nitrogens with one attached hydrogen (secondary N) is 3. The van der Waals surface area contributed by atoms with Gasteiger partial charge in [0.2, 0.25) is 5.91 Å². The standard InChI is InChI=1S/C30H25N7O/c38-30(18-5-1-2-6-18)34-22-11-20(15-32-17-22)21-12-25-28(36-37-29(25)33-16-21)27-13-24-23(8-3-9-26(24)35-27)19-7-4-10-31-14-19/h3-4,7-18,35H,1-2,5-6H2,(H,34,38)(H,33,36,37). The molecule has 3 N–H and O–H groups in total. The number of carbonyl (C=O) groups is 1. The van der Waals surface area contributed by atoms with Gasteiger partial charge in [0.15, 0.2) is 5.65 Å². The van der Waals surface area contributed by atoms with Crippen LogP contribution >= 0.6 is 0 Å². The van der Waals surface area contributed by atoms with Crippen LogP contribution in [-0.2, 0) is 4.79 Å². The molecule has 1 aliphatic carbocycles. The first-order valence-corrected chi connectivity index (χ1v) is 12.9. The fourth-order valence-corrected chi connectivity index (χ4v) is 5.42. The monoisotopic (exact) mass is 499 g/mol. The Morgan fingerprint density at radius 2 is 1.74 bits per heavy atom. The molecule has 5 heterocycles. The highest BCUT2D eigenvalue weighted by atomic mass is 16.1. The molecule has 0 unspecified atom stereocenters. The van der Waals surface area contributed by atoms with Crippen molar-refractivity contribution in [2.24, 2.45) is 5.92 Å². The van der Waals surface area contributed by atoms with Crippen LogP contribution in [0.25, 0.3) is 55.6 Å². The zero-order valence-electron chi connectivity index (χ0n) is 20.6. The van der Waals surface area contributed by atoms with E-state index in [4.69, 9.17) is 0 Å². The Morgan fingerprint density at radius 3 is 2.61 bits per heavy atom. The van der Waals surface area contributed by atoms with E-state index in [0.717, 1.165) is 75.6 Å². The number of hydrogen-bond acceptors (Lipinski definition) is 5. The van der Waals surface area contributed by atoms with E-state index in [0.29, 0.717) is 11.3 Å².